The molecule has 0 unspecified atom stereocenters. The van der Waals surface area contributed by atoms with Crippen LogP contribution in [0, 0.1) is 0 Å². The molecule has 4 rings (SSSR count). The second-order valence-corrected chi connectivity index (χ2v) is 5.88. The maximum atomic E-state index is 12.6. The highest BCUT2D eigenvalue weighted by atomic mass is 16.1. The maximum Gasteiger partial charge on any atom is 0.258 e. The van der Waals surface area contributed by atoms with Crippen molar-refractivity contribution in [2.24, 2.45) is 7.05 Å². The zero-order valence-electron chi connectivity index (χ0n) is 13.4. The number of fused-ring (bicyclic) bond motifs is 1. The smallest absolute Gasteiger partial charge is 0.258 e. The van der Waals surface area contributed by atoms with Crippen LogP contribution in [0.15, 0.2) is 30.7 Å². The minimum Gasteiger partial charge on any atom is -0.368 e. The molecule has 0 aliphatic carbocycles. The molecule has 24 heavy (non-hydrogen) atoms. The number of hydrogen-bond acceptors (Lipinski definition) is 5. The van der Waals surface area contributed by atoms with E-state index in [4.69, 9.17) is 0 Å². The highest BCUT2D eigenvalue weighted by molar-refractivity contribution is 6.13. The number of aromatic nitrogens is 4. The van der Waals surface area contributed by atoms with Gasteiger partial charge in [0, 0.05) is 56.7 Å². The lowest BCUT2D eigenvalue weighted by molar-refractivity contribution is 0.102. The number of anilines is 2. The fraction of sp³-hybridized carbons (Fsp3) is 0.312. The van der Waals surface area contributed by atoms with E-state index in [1.54, 1.807) is 17.1 Å². The molecule has 1 amide bonds. The van der Waals surface area contributed by atoms with Crippen LogP contribution in [0.4, 0.5) is 11.4 Å². The Bertz CT molecular complexity index is 862. The number of rotatable bonds is 3. The third-order valence-corrected chi connectivity index (χ3v) is 4.23. The predicted octanol–water partition coefficient (Wildman–Crippen LogP) is 0.958. The Morgan fingerprint density at radius 1 is 1.29 bits per heavy atom. The van der Waals surface area contributed by atoms with Gasteiger partial charge in [0.15, 0.2) is 0 Å². The van der Waals surface area contributed by atoms with E-state index in [1.807, 2.05) is 25.4 Å². The van der Waals surface area contributed by atoms with Gasteiger partial charge in [-0.25, -0.2) is 0 Å². The molecule has 1 aromatic carbocycles. The van der Waals surface area contributed by atoms with Crippen LogP contribution in [0.3, 0.4) is 0 Å². The molecule has 0 spiro atoms. The van der Waals surface area contributed by atoms with E-state index in [9.17, 15) is 4.79 Å². The van der Waals surface area contributed by atoms with E-state index in [0.29, 0.717) is 11.3 Å². The Morgan fingerprint density at radius 3 is 2.88 bits per heavy atom. The van der Waals surface area contributed by atoms with Crippen LogP contribution in [-0.2, 0) is 7.05 Å². The Hall–Kier alpha value is -2.87. The number of H-pyrrole nitrogens is 1. The van der Waals surface area contributed by atoms with Crippen molar-refractivity contribution in [2.45, 2.75) is 0 Å². The molecule has 2 aromatic heterocycles. The lowest BCUT2D eigenvalue weighted by Crippen LogP contribution is -2.43. The number of hydrogen-bond donors (Lipinski definition) is 3. The molecule has 0 atom stereocenters. The number of amides is 1. The summed E-state index contributed by atoms with van der Waals surface area (Å²) in [5, 5.41) is 18.2. The largest absolute Gasteiger partial charge is 0.368 e. The lowest BCUT2D eigenvalue weighted by Gasteiger charge is -2.30. The lowest BCUT2D eigenvalue weighted by atomic mass is 10.1. The summed E-state index contributed by atoms with van der Waals surface area (Å²) in [5.41, 5.74) is 3.04. The van der Waals surface area contributed by atoms with Crippen LogP contribution in [0.25, 0.3) is 10.9 Å². The van der Waals surface area contributed by atoms with E-state index >= 15 is 0 Å². The summed E-state index contributed by atoms with van der Waals surface area (Å²) in [6.07, 6.45) is 5.19. The van der Waals surface area contributed by atoms with E-state index in [1.165, 1.54) is 0 Å². The molecule has 3 N–H and O–H groups in total. The van der Waals surface area contributed by atoms with Crippen molar-refractivity contribution in [3.05, 3.63) is 36.3 Å². The Labute approximate surface area is 138 Å². The first kappa shape index (κ1) is 14.7. The third-order valence-electron chi connectivity index (χ3n) is 4.23. The molecule has 0 saturated carbocycles. The normalized spacial score (nSPS) is 15.0. The molecule has 3 heterocycles. The topological polar surface area (TPSA) is 90.9 Å². The Balaban J connectivity index is 1.73. The summed E-state index contributed by atoms with van der Waals surface area (Å²) < 4.78 is 1.75. The van der Waals surface area contributed by atoms with Gasteiger partial charge < -0.3 is 15.5 Å². The molecule has 0 radical (unpaired) electrons. The van der Waals surface area contributed by atoms with Gasteiger partial charge in [-0.2, -0.15) is 10.2 Å². The molecule has 1 fully saturated rings. The van der Waals surface area contributed by atoms with Crippen molar-refractivity contribution in [3.63, 3.8) is 0 Å². The SMILES string of the molecule is Cn1cc2c(N3CCNCC3)ccc(C(=O)Nc3cn[nH]c3)c2n1. The third kappa shape index (κ3) is 2.61. The maximum absolute atomic E-state index is 12.6. The first-order valence-electron chi connectivity index (χ1n) is 7.94. The van der Waals surface area contributed by atoms with Gasteiger partial charge in [0.2, 0.25) is 0 Å². The molecule has 3 aromatic rings. The van der Waals surface area contributed by atoms with Gasteiger partial charge >= 0.3 is 0 Å². The van der Waals surface area contributed by atoms with Crippen LogP contribution in [-0.4, -0.2) is 52.1 Å². The summed E-state index contributed by atoms with van der Waals surface area (Å²) in [7, 11) is 1.87. The molecule has 8 nitrogen and oxygen atoms in total. The van der Waals surface area contributed by atoms with Crippen molar-refractivity contribution in [1.29, 1.82) is 0 Å². The zero-order chi connectivity index (χ0) is 16.5. The van der Waals surface area contributed by atoms with Gasteiger partial charge in [-0.3, -0.25) is 14.6 Å². The first-order chi connectivity index (χ1) is 11.7. The number of benzene rings is 1. The summed E-state index contributed by atoms with van der Waals surface area (Å²) in [4.78, 5) is 14.9. The van der Waals surface area contributed by atoms with E-state index < -0.39 is 0 Å². The van der Waals surface area contributed by atoms with Gasteiger partial charge in [0.25, 0.3) is 5.91 Å². The highest BCUT2D eigenvalue weighted by Crippen LogP contribution is 2.29. The summed E-state index contributed by atoms with van der Waals surface area (Å²) in [6.45, 7) is 3.82. The number of nitrogens with one attached hydrogen (secondary N) is 3. The molecular weight excluding hydrogens is 306 g/mol. The van der Waals surface area contributed by atoms with E-state index in [0.717, 1.165) is 42.8 Å². The Kier molecular flexibility index (Phi) is 3.66. The molecule has 1 saturated heterocycles. The molecule has 0 bridgehead atoms. The van der Waals surface area contributed by atoms with E-state index in [2.05, 4.69) is 30.8 Å². The van der Waals surface area contributed by atoms with Crippen LogP contribution >= 0.6 is 0 Å². The fourth-order valence-electron chi connectivity index (χ4n) is 3.09. The number of carbonyl (C=O) groups is 1. The number of nitrogens with zero attached hydrogens (tertiary/aromatic N) is 4. The van der Waals surface area contributed by atoms with Crippen molar-refractivity contribution in [3.8, 4) is 0 Å². The van der Waals surface area contributed by atoms with Gasteiger partial charge in [-0.15, -0.1) is 0 Å². The summed E-state index contributed by atoms with van der Waals surface area (Å²) in [5.74, 6) is -0.188. The second kappa shape index (κ2) is 5.97. The molecule has 124 valence electrons. The number of aromatic amines is 1. The van der Waals surface area contributed by atoms with Crippen LogP contribution in [0.5, 0.6) is 0 Å². The molecule has 8 heteroatoms. The van der Waals surface area contributed by atoms with Crippen molar-refractivity contribution < 1.29 is 4.79 Å². The highest BCUT2D eigenvalue weighted by Gasteiger charge is 2.20. The van der Waals surface area contributed by atoms with Gasteiger partial charge in [0.05, 0.1) is 17.4 Å². The molecular formula is C16H19N7O. The summed E-state index contributed by atoms with van der Waals surface area (Å²) >= 11 is 0. The van der Waals surface area contributed by atoms with Gasteiger partial charge in [-0.1, -0.05) is 0 Å². The molecule has 1 aliphatic heterocycles. The van der Waals surface area contributed by atoms with Crippen molar-refractivity contribution in [2.75, 3.05) is 36.4 Å². The van der Waals surface area contributed by atoms with E-state index in [-0.39, 0.29) is 5.91 Å². The Morgan fingerprint density at radius 2 is 2.12 bits per heavy atom. The second-order valence-electron chi connectivity index (χ2n) is 5.88. The monoisotopic (exact) mass is 325 g/mol. The van der Waals surface area contributed by atoms with Crippen LogP contribution in [0.1, 0.15) is 10.4 Å². The average molecular weight is 325 g/mol. The molecule has 1 aliphatic rings. The quantitative estimate of drug-likeness (QED) is 0.667. The predicted molar refractivity (Wildman–Crippen MR) is 92.3 cm³/mol. The zero-order valence-corrected chi connectivity index (χ0v) is 13.4. The van der Waals surface area contributed by atoms with Crippen molar-refractivity contribution >= 4 is 28.2 Å². The minimum atomic E-state index is -0.188. The first-order valence-corrected chi connectivity index (χ1v) is 7.94. The standard InChI is InChI=1S/C16H19N7O/c1-22-10-13-14(23-6-4-17-5-7-23)3-2-12(15(13)21-22)16(24)20-11-8-18-19-9-11/h2-3,8-10,17H,4-7H2,1H3,(H,18,19)(H,20,24). The number of piperazine rings is 1. The van der Waals surface area contributed by atoms with Crippen LogP contribution in [0.2, 0.25) is 0 Å². The summed E-state index contributed by atoms with van der Waals surface area (Å²) in [6, 6.07) is 3.86. The average Bonchev–Trinajstić information content (AvgIpc) is 3.23. The van der Waals surface area contributed by atoms with Gasteiger partial charge in [-0.05, 0) is 12.1 Å². The number of carbonyl (C=O) groups excluding carboxylic acids is 1. The fourth-order valence-corrected chi connectivity index (χ4v) is 3.09. The van der Waals surface area contributed by atoms with Crippen LogP contribution < -0.4 is 15.5 Å². The van der Waals surface area contributed by atoms with Gasteiger partial charge in [0.1, 0.15) is 5.52 Å². The van der Waals surface area contributed by atoms with Crippen molar-refractivity contribution in [1.82, 2.24) is 25.3 Å². The number of aryl methyl sites for hydroxylation is 1. The minimum absolute atomic E-state index is 0.188.